The topological polar surface area (TPSA) is 78.9 Å². The lowest BCUT2D eigenvalue weighted by Gasteiger charge is -2.29. The van der Waals surface area contributed by atoms with E-state index in [2.05, 4.69) is 5.32 Å². The van der Waals surface area contributed by atoms with Crippen molar-refractivity contribution >= 4 is 40.9 Å². The highest BCUT2D eigenvalue weighted by Crippen LogP contribution is 2.24. The van der Waals surface area contributed by atoms with Crippen LogP contribution in [0.4, 0.5) is 5.69 Å². The quantitative estimate of drug-likeness (QED) is 0.502. The summed E-state index contributed by atoms with van der Waals surface area (Å²) in [7, 11) is 1.55. The van der Waals surface area contributed by atoms with Gasteiger partial charge < -0.3 is 9.84 Å². The number of hydrogen-bond donors (Lipinski definition) is 2. The van der Waals surface area contributed by atoms with E-state index in [0.717, 1.165) is 0 Å². The number of carbonyl (C=O) groups excluding carboxylic acids is 2. The lowest BCUT2D eigenvalue weighted by molar-refractivity contribution is -0.122. The first-order valence-electron chi connectivity index (χ1n) is 7.34. The van der Waals surface area contributed by atoms with E-state index >= 15 is 0 Å². The van der Waals surface area contributed by atoms with Crippen molar-refractivity contribution in [3.8, 4) is 11.5 Å². The largest absolute Gasteiger partial charge is 0.508 e. The Kier molecular flexibility index (Phi) is 4.49. The van der Waals surface area contributed by atoms with Gasteiger partial charge in [-0.1, -0.05) is 12.1 Å². The van der Waals surface area contributed by atoms with Crippen LogP contribution < -0.4 is 15.0 Å². The molecule has 1 fully saturated rings. The van der Waals surface area contributed by atoms with Crippen LogP contribution in [-0.4, -0.2) is 29.1 Å². The summed E-state index contributed by atoms with van der Waals surface area (Å²) in [5, 5.41) is 11.9. The van der Waals surface area contributed by atoms with E-state index < -0.39 is 11.8 Å². The molecule has 3 rings (SSSR count). The number of hydrogen-bond acceptors (Lipinski definition) is 5. The summed E-state index contributed by atoms with van der Waals surface area (Å²) in [5.41, 5.74) is 1.08. The third kappa shape index (κ3) is 3.36. The van der Waals surface area contributed by atoms with Gasteiger partial charge in [0, 0.05) is 0 Å². The Labute approximate surface area is 149 Å². The molecular weight excluding hydrogens is 340 g/mol. The number of methoxy groups -OCH3 is 1. The number of nitrogens with zero attached hydrogens (tertiary/aromatic N) is 1. The summed E-state index contributed by atoms with van der Waals surface area (Å²) in [4.78, 5) is 26.2. The molecule has 1 saturated heterocycles. The predicted octanol–water partition coefficient (Wildman–Crippen LogP) is 2.23. The van der Waals surface area contributed by atoms with Gasteiger partial charge in [0.1, 0.15) is 17.1 Å². The second kappa shape index (κ2) is 6.74. The van der Waals surface area contributed by atoms with Crippen LogP contribution in [0.1, 0.15) is 5.56 Å². The van der Waals surface area contributed by atoms with Gasteiger partial charge in [0.15, 0.2) is 5.11 Å². The normalized spacial score (nSPS) is 16.1. The maximum Gasteiger partial charge on any atom is 0.270 e. The van der Waals surface area contributed by atoms with Gasteiger partial charge in [-0.2, -0.15) is 0 Å². The van der Waals surface area contributed by atoms with E-state index in [1.54, 1.807) is 43.5 Å². The van der Waals surface area contributed by atoms with Crippen LogP contribution >= 0.6 is 12.2 Å². The minimum atomic E-state index is -0.562. The number of aromatic hydroxyl groups is 1. The summed E-state index contributed by atoms with van der Waals surface area (Å²) < 4.78 is 5.10. The molecule has 2 N–H and O–H groups in total. The molecular formula is C18H14N2O4S. The SMILES string of the molecule is COc1ccc(N2C(=O)/C(=C\c3ccc(O)cc3)C(=O)NC2=S)cc1. The molecule has 0 aliphatic carbocycles. The monoisotopic (exact) mass is 354 g/mol. The third-order valence-corrected chi connectivity index (χ3v) is 3.92. The van der Waals surface area contributed by atoms with Crippen molar-refractivity contribution in [3.05, 3.63) is 59.7 Å². The van der Waals surface area contributed by atoms with Crippen molar-refractivity contribution in [3.63, 3.8) is 0 Å². The standard InChI is InChI=1S/C18H14N2O4S/c1-24-14-8-4-12(5-9-14)20-17(23)15(16(22)19-18(20)25)10-11-2-6-13(21)7-3-11/h2-10,21H,1H3,(H,19,22,25)/b15-10-. The molecule has 0 radical (unpaired) electrons. The fourth-order valence-corrected chi connectivity index (χ4v) is 2.64. The Balaban J connectivity index is 1.97. The van der Waals surface area contributed by atoms with Gasteiger partial charge in [-0.25, -0.2) is 0 Å². The van der Waals surface area contributed by atoms with Crippen molar-refractivity contribution in [2.75, 3.05) is 12.0 Å². The van der Waals surface area contributed by atoms with Crippen LogP contribution in [0.3, 0.4) is 0 Å². The van der Waals surface area contributed by atoms with E-state index in [4.69, 9.17) is 17.0 Å². The van der Waals surface area contributed by atoms with E-state index in [1.807, 2.05) is 0 Å². The fraction of sp³-hybridized carbons (Fsp3) is 0.0556. The average Bonchev–Trinajstić information content (AvgIpc) is 2.60. The highest BCUT2D eigenvalue weighted by Gasteiger charge is 2.34. The van der Waals surface area contributed by atoms with Crippen LogP contribution in [0.5, 0.6) is 11.5 Å². The Morgan fingerprint density at radius 3 is 2.32 bits per heavy atom. The van der Waals surface area contributed by atoms with Crippen molar-refractivity contribution in [2.45, 2.75) is 0 Å². The Morgan fingerprint density at radius 2 is 1.72 bits per heavy atom. The Hall–Kier alpha value is -3.19. The molecule has 0 aromatic heterocycles. The van der Waals surface area contributed by atoms with Crippen molar-refractivity contribution in [1.82, 2.24) is 5.32 Å². The molecule has 7 heteroatoms. The zero-order valence-corrected chi connectivity index (χ0v) is 14.0. The summed E-state index contributed by atoms with van der Waals surface area (Å²) in [6, 6.07) is 12.9. The number of carbonyl (C=O) groups is 2. The van der Waals surface area contributed by atoms with Gasteiger partial charge in [-0.15, -0.1) is 0 Å². The molecule has 0 unspecified atom stereocenters. The molecule has 126 valence electrons. The number of amides is 2. The highest BCUT2D eigenvalue weighted by atomic mass is 32.1. The first-order chi connectivity index (χ1) is 12.0. The Morgan fingerprint density at radius 1 is 1.08 bits per heavy atom. The van der Waals surface area contributed by atoms with Crippen LogP contribution in [0.15, 0.2) is 54.1 Å². The Bertz CT molecular complexity index is 873. The van der Waals surface area contributed by atoms with Gasteiger partial charge in [0.25, 0.3) is 11.8 Å². The lowest BCUT2D eigenvalue weighted by atomic mass is 10.1. The van der Waals surface area contributed by atoms with Gasteiger partial charge in [0.2, 0.25) is 0 Å². The molecule has 2 aromatic rings. The number of ether oxygens (including phenoxy) is 1. The number of rotatable bonds is 3. The second-order valence-corrected chi connectivity index (χ2v) is 5.63. The van der Waals surface area contributed by atoms with Crippen molar-refractivity contribution < 1.29 is 19.4 Å². The van der Waals surface area contributed by atoms with Crippen LogP contribution in [0.2, 0.25) is 0 Å². The molecule has 0 bridgehead atoms. The molecule has 6 nitrogen and oxygen atoms in total. The number of nitrogens with one attached hydrogen (secondary N) is 1. The zero-order valence-electron chi connectivity index (χ0n) is 13.2. The fourth-order valence-electron chi connectivity index (χ4n) is 2.36. The highest BCUT2D eigenvalue weighted by molar-refractivity contribution is 7.80. The molecule has 2 amide bonds. The maximum atomic E-state index is 12.8. The molecule has 1 heterocycles. The second-order valence-electron chi connectivity index (χ2n) is 5.25. The number of anilines is 1. The van der Waals surface area contributed by atoms with E-state index in [0.29, 0.717) is 17.0 Å². The molecule has 0 saturated carbocycles. The first-order valence-corrected chi connectivity index (χ1v) is 7.75. The maximum absolute atomic E-state index is 12.8. The van der Waals surface area contributed by atoms with E-state index in [1.165, 1.54) is 23.1 Å². The minimum absolute atomic E-state index is 0.0167. The molecule has 0 spiro atoms. The molecule has 25 heavy (non-hydrogen) atoms. The minimum Gasteiger partial charge on any atom is -0.508 e. The lowest BCUT2D eigenvalue weighted by Crippen LogP contribution is -2.54. The molecule has 1 aliphatic rings. The van der Waals surface area contributed by atoms with Gasteiger partial charge in [-0.3, -0.25) is 19.8 Å². The van der Waals surface area contributed by atoms with Gasteiger partial charge in [-0.05, 0) is 60.3 Å². The third-order valence-electron chi connectivity index (χ3n) is 3.64. The van der Waals surface area contributed by atoms with E-state index in [-0.39, 0.29) is 16.4 Å². The first kappa shape index (κ1) is 16.7. The summed E-state index contributed by atoms with van der Waals surface area (Å²) >= 11 is 5.14. The van der Waals surface area contributed by atoms with Crippen LogP contribution in [0, 0.1) is 0 Å². The van der Waals surface area contributed by atoms with Crippen molar-refractivity contribution in [1.29, 1.82) is 0 Å². The number of phenols is 1. The molecule has 0 atom stereocenters. The van der Waals surface area contributed by atoms with Gasteiger partial charge >= 0.3 is 0 Å². The smallest absolute Gasteiger partial charge is 0.270 e. The number of thiocarbonyl (C=S) groups is 1. The molecule has 2 aromatic carbocycles. The summed E-state index contributed by atoms with van der Waals surface area (Å²) in [6.07, 6.45) is 1.45. The van der Waals surface area contributed by atoms with E-state index in [9.17, 15) is 14.7 Å². The molecule has 1 aliphatic heterocycles. The van der Waals surface area contributed by atoms with Crippen molar-refractivity contribution in [2.24, 2.45) is 0 Å². The number of phenolic OH excluding ortho intramolecular Hbond substituents is 1. The summed E-state index contributed by atoms with van der Waals surface area (Å²) in [6.45, 7) is 0. The van der Waals surface area contributed by atoms with Gasteiger partial charge in [0.05, 0.1) is 12.8 Å². The summed E-state index contributed by atoms with van der Waals surface area (Å²) in [5.74, 6) is -0.342. The van der Waals surface area contributed by atoms with Crippen LogP contribution in [-0.2, 0) is 9.59 Å². The number of benzene rings is 2. The zero-order chi connectivity index (χ0) is 18.0. The predicted molar refractivity (Wildman–Crippen MR) is 97.3 cm³/mol. The van der Waals surface area contributed by atoms with Crippen LogP contribution in [0.25, 0.3) is 6.08 Å². The average molecular weight is 354 g/mol.